The Morgan fingerprint density at radius 1 is 1.19 bits per heavy atom. The van der Waals surface area contributed by atoms with Gasteiger partial charge in [0.15, 0.2) is 5.13 Å². The van der Waals surface area contributed by atoms with E-state index in [-0.39, 0.29) is 5.91 Å². The summed E-state index contributed by atoms with van der Waals surface area (Å²) in [5, 5.41) is 5.38. The number of methoxy groups -OCH3 is 1. The van der Waals surface area contributed by atoms with E-state index in [1.807, 2.05) is 17.5 Å². The summed E-state index contributed by atoms with van der Waals surface area (Å²) in [6, 6.07) is 15.6. The zero-order valence-electron chi connectivity index (χ0n) is 15.2. The van der Waals surface area contributed by atoms with Crippen molar-refractivity contribution in [3.63, 3.8) is 0 Å². The molecule has 1 N–H and O–H groups in total. The number of anilines is 1. The third kappa shape index (κ3) is 3.94. The van der Waals surface area contributed by atoms with Gasteiger partial charge in [0.05, 0.1) is 18.4 Å². The van der Waals surface area contributed by atoms with Crippen LogP contribution in [0.5, 0.6) is 5.75 Å². The number of nitrogens with zero attached hydrogens (tertiary/aromatic N) is 1. The second kappa shape index (κ2) is 8.15. The number of rotatable bonds is 6. The number of aromatic nitrogens is 1. The Morgan fingerprint density at radius 3 is 2.62 bits per heavy atom. The standard InChI is InChI=1S/C21H22N2O2S/c1-4-14(2)15-9-11-16(12-10-15)18-13-26-21(22-18)23-20(24)17-7-5-6-8-19(17)25-3/h5-14H,4H2,1-3H3,(H,22,23,24)/t14-/m1/s1. The van der Waals surface area contributed by atoms with E-state index in [0.29, 0.717) is 22.4 Å². The third-order valence-corrected chi connectivity index (χ3v) is 5.22. The lowest BCUT2D eigenvalue weighted by Gasteiger charge is -2.09. The van der Waals surface area contributed by atoms with Crippen LogP contribution >= 0.6 is 11.3 Å². The maximum Gasteiger partial charge on any atom is 0.261 e. The Hall–Kier alpha value is -2.66. The minimum atomic E-state index is -0.226. The van der Waals surface area contributed by atoms with Crippen molar-refractivity contribution in [3.8, 4) is 17.0 Å². The minimum absolute atomic E-state index is 0.226. The quantitative estimate of drug-likeness (QED) is 0.619. The van der Waals surface area contributed by atoms with Gasteiger partial charge in [-0.15, -0.1) is 11.3 Å². The molecule has 1 atom stereocenters. The summed E-state index contributed by atoms with van der Waals surface area (Å²) in [6.07, 6.45) is 1.12. The number of carbonyl (C=O) groups excluding carboxylic acids is 1. The van der Waals surface area contributed by atoms with Crippen molar-refractivity contribution in [1.82, 2.24) is 4.98 Å². The third-order valence-electron chi connectivity index (χ3n) is 4.46. The van der Waals surface area contributed by atoms with Crippen LogP contribution in [0.3, 0.4) is 0 Å². The van der Waals surface area contributed by atoms with Crippen LogP contribution < -0.4 is 10.1 Å². The van der Waals surface area contributed by atoms with Gasteiger partial charge in [0.1, 0.15) is 5.75 Å². The summed E-state index contributed by atoms with van der Waals surface area (Å²) in [5.74, 6) is 0.869. The van der Waals surface area contributed by atoms with Gasteiger partial charge >= 0.3 is 0 Å². The fourth-order valence-corrected chi connectivity index (χ4v) is 3.39. The lowest BCUT2D eigenvalue weighted by molar-refractivity contribution is 0.102. The maximum atomic E-state index is 12.5. The van der Waals surface area contributed by atoms with E-state index >= 15 is 0 Å². The fourth-order valence-electron chi connectivity index (χ4n) is 2.68. The van der Waals surface area contributed by atoms with Crippen LogP contribution in [0.25, 0.3) is 11.3 Å². The van der Waals surface area contributed by atoms with Crippen molar-refractivity contribution in [2.24, 2.45) is 0 Å². The average Bonchev–Trinajstić information content (AvgIpc) is 3.15. The van der Waals surface area contributed by atoms with E-state index < -0.39 is 0 Å². The molecule has 0 saturated carbocycles. The summed E-state index contributed by atoms with van der Waals surface area (Å²) in [4.78, 5) is 17.0. The van der Waals surface area contributed by atoms with Crippen molar-refractivity contribution in [2.75, 3.05) is 12.4 Å². The first-order valence-electron chi connectivity index (χ1n) is 8.62. The van der Waals surface area contributed by atoms with E-state index in [0.717, 1.165) is 17.7 Å². The van der Waals surface area contributed by atoms with Gasteiger partial charge in [0.25, 0.3) is 5.91 Å². The number of thiazole rings is 1. The molecule has 0 aliphatic rings. The lowest BCUT2D eigenvalue weighted by atomic mass is 9.97. The van der Waals surface area contributed by atoms with Crippen LogP contribution in [-0.4, -0.2) is 18.0 Å². The van der Waals surface area contributed by atoms with E-state index in [2.05, 4.69) is 48.4 Å². The Morgan fingerprint density at radius 2 is 1.92 bits per heavy atom. The van der Waals surface area contributed by atoms with E-state index in [4.69, 9.17) is 4.74 Å². The molecular weight excluding hydrogens is 344 g/mol. The Kier molecular flexibility index (Phi) is 5.68. The first-order valence-corrected chi connectivity index (χ1v) is 9.50. The van der Waals surface area contributed by atoms with E-state index in [1.54, 1.807) is 19.2 Å². The molecule has 2 aromatic carbocycles. The number of benzene rings is 2. The van der Waals surface area contributed by atoms with Crippen molar-refractivity contribution < 1.29 is 9.53 Å². The molecule has 134 valence electrons. The molecule has 0 saturated heterocycles. The predicted octanol–water partition coefficient (Wildman–Crippen LogP) is 5.58. The molecule has 0 bridgehead atoms. The van der Waals surface area contributed by atoms with Crippen LogP contribution in [0.2, 0.25) is 0 Å². The van der Waals surface area contributed by atoms with Gasteiger partial charge in [-0.25, -0.2) is 4.98 Å². The molecule has 4 nitrogen and oxygen atoms in total. The normalized spacial score (nSPS) is 11.8. The molecule has 0 aliphatic carbocycles. The van der Waals surface area contributed by atoms with Gasteiger partial charge in [-0.3, -0.25) is 10.1 Å². The predicted molar refractivity (Wildman–Crippen MR) is 107 cm³/mol. The molecule has 1 aromatic heterocycles. The summed E-state index contributed by atoms with van der Waals surface area (Å²) >= 11 is 1.41. The van der Waals surface area contributed by atoms with Gasteiger partial charge in [-0.05, 0) is 30.0 Å². The first kappa shape index (κ1) is 18.1. The van der Waals surface area contributed by atoms with Crippen LogP contribution in [0, 0.1) is 0 Å². The van der Waals surface area contributed by atoms with Crippen molar-refractivity contribution >= 4 is 22.4 Å². The molecular formula is C21H22N2O2S. The zero-order valence-corrected chi connectivity index (χ0v) is 16.0. The Labute approximate surface area is 157 Å². The number of hydrogen-bond acceptors (Lipinski definition) is 4. The van der Waals surface area contributed by atoms with Gasteiger partial charge in [0.2, 0.25) is 0 Å². The minimum Gasteiger partial charge on any atom is -0.496 e. The van der Waals surface area contributed by atoms with E-state index in [1.165, 1.54) is 16.9 Å². The number of para-hydroxylation sites is 1. The zero-order chi connectivity index (χ0) is 18.5. The summed E-state index contributed by atoms with van der Waals surface area (Å²) < 4.78 is 5.24. The van der Waals surface area contributed by atoms with Crippen LogP contribution in [-0.2, 0) is 0 Å². The monoisotopic (exact) mass is 366 g/mol. The highest BCUT2D eigenvalue weighted by atomic mass is 32.1. The molecule has 1 amide bonds. The average molecular weight is 366 g/mol. The molecule has 26 heavy (non-hydrogen) atoms. The summed E-state index contributed by atoms with van der Waals surface area (Å²) in [6.45, 7) is 4.42. The fraction of sp³-hybridized carbons (Fsp3) is 0.238. The number of carbonyl (C=O) groups is 1. The summed E-state index contributed by atoms with van der Waals surface area (Å²) in [7, 11) is 1.55. The highest BCUT2D eigenvalue weighted by Crippen LogP contribution is 2.28. The second-order valence-electron chi connectivity index (χ2n) is 6.12. The molecule has 0 spiro atoms. The van der Waals surface area contributed by atoms with Gasteiger partial charge < -0.3 is 4.74 Å². The Bertz CT molecular complexity index is 887. The van der Waals surface area contributed by atoms with Crippen LogP contribution in [0.1, 0.15) is 42.1 Å². The van der Waals surface area contributed by atoms with Crippen LogP contribution in [0.4, 0.5) is 5.13 Å². The number of nitrogens with one attached hydrogen (secondary N) is 1. The molecule has 0 aliphatic heterocycles. The highest BCUT2D eigenvalue weighted by Gasteiger charge is 2.14. The van der Waals surface area contributed by atoms with Crippen molar-refractivity contribution in [1.29, 1.82) is 0 Å². The molecule has 1 heterocycles. The van der Waals surface area contributed by atoms with Gasteiger partial charge in [0, 0.05) is 10.9 Å². The summed E-state index contributed by atoms with van der Waals surface area (Å²) in [5.41, 5.74) is 3.73. The number of amides is 1. The van der Waals surface area contributed by atoms with Gasteiger partial charge in [-0.1, -0.05) is 50.2 Å². The van der Waals surface area contributed by atoms with E-state index in [9.17, 15) is 4.79 Å². The molecule has 3 aromatic rings. The molecule has 5 heteroatoms. The number of hydrogen-bond donors (Lipinski definition) is 1. The molecule has 0 radical (unpaired) electrons. The molecule has 3 rings (SSSR count). The smallest absolute Gasteiger partial charge is 0.261 e. The highest BCUT2D eigenvalue weighted by molar-refractivity contribution is 7.14. The topological polar surface area (TPSA) is 51.2 Å². The maximum absolute atomic E-state index is 12.5. The van der Waals surface area contributed by atoms with Crippen molar-refractivity contribution in [2.45, 2.75) is 26.2 Å². The lowest BCUT2D eigenvalue weighted by Crippen LogP contribution is -2.12. The van der Waals surface area contributed by atoms with Crippen LogP contribution in [0.15, 0.2) is 53.9 Å². The largest absolute Gasteiger partial charge is 0.496 e. The van der Waals surface area contributed by atoms with Crippen molar-refractivity contribution in [3.05, 3.63) is 65.0 Å². The molecule has 0 unspecified atom stereocenters. The Balaban J connectivity index is 1.74. The second-order valence-corrected chi connectivity index (χ2v) is 6.98. The molecule has 0 fully saturated rings. The SMILES string of the molecule is CC[C@@H](C)c1ccc(-c2csc(NC(=O)c3ccccc3OC)n2)cc1. The number of ether oxygens (including phenoxy) is 1. The first-order chi connectivity index (χ1) is 12.6. The van der Waals surface area contributed by atoms with Gasteiger partial charge in [-0.2, -0.15) is 0 Å².